The third-order valence-electron chi connectivity index (χ3n) is 6.66. The van der Waals surface area contributed by atoms with Crippen LogP contribution in [0.1, 0.15) is 55.8 Å². The second kappa shape index (κ2) is 13.0. The fourth-order valence-corrected chi connectivity index (χ4v) is 4.72. The maximum atomic E-state index is 13.3. The first-order valence-corrected chi connectivity index (χ1v) is 13.3. The molecule has 3 aromatic carbocycles. The molecule has 1 aliphatic rings. The zero-order valence-corrected chi connectivity index (χ0v) is 22.1. The molecule has 4 rings (SSSR count). The van der Waals surface area contributed by atoms with Gasteiger partial charge in [-0.05, 0) is 43.0 Å². The van der Waals surface area contributed by atoms with Crippen molar-refractivity contribution in [3.8, 4) is 11.5 Å². The van der Waals surface area contributed by atoms with Crippen LogP contribution in [-0.4, -0.2) is 41.5 Å². The van der Waals surface area contributed by atoms with Crippen LogP contribution in [0.3, 0.4) is 0 Å². The lowest BCUT2D eigenvalue weighted by Crippen LogP contribution is -2.31. The Kier molecular flexibility index (Phi) is 9.20. The standard InChI is InChI=1S/C32H35NO5/c1-3-5-12-21-38-26-18-17-25(22-27(26)37-4-2)29-28(30(34)24-15-10-7-11-16-24)31(35)32(36)33(29)20-19-23-13-8-6-9-14-23/h6-11,13-18,22,29,34H,3-5,12,19-21H2,1-2H3/b30-28+. The molecular formula is C32H35NO5. The van der Waals surface area contributed by atoms with E-state index in [1.807, 2.05) is 61.5 Å². The molecule has 6 heteroatoms. The zero-order chi connectivity index (χ0) is 26.9. The topological polar surface area (TPSA) is 76.1 Å². The Morgan fingerprint density at radius 2 is 1.58 bits per heavy atom. The predicted molar refractivity (Wildman–Crippen MR) is 148 cm³/mol. The molecule has 6 nitrogen and oxygen atoms in total. The highest BCUT2D eigenvalue weighted by Crippen LogP contribution is 2.42. The van der Waals surface area contributed by atoms with Crippen molar-refractivity contribution < 1.29 is 24.2 Å². The minimum atomic E-state index is -0.757. The van der Waals surface area contributed by atoms with Crippen molar-refractivity contribution in [3.05, 3.63) is 101 Å². The number of hydrogen-bond acceptors (Lipinski definition) is 5. The van der Waals surface area contributed by atoms with Crippen LogP contribution in [0.2, 0.25) is 0 Å². The van der Waals surface area contributed by atoms with E-state index in [0.29, 0.717) is 48.8 Å². The highest BCUT2D eigenvalue weighted by atomic mass is 16.5. The Bertz CT molecular complexity index is 1270. The second-order valence-corrected chi connectivity index (χ2v) is 9.29. The van der Waals surface area contributed by atoms with E-state index in [9.17, 15) is 14.7 Å². The van der Waals surface area contributed by atoms with Gasteiger partial charge in [-0.3, -0.25) is 9.59 Å². The fraction of sp³-hybridized carbons (Fsp3) is 0.312. The van der Waals surface area contributed by atoms with Gasteiger partial charge >= 0.3 is 0 Å². The SMILES string of the molecule is CCCCCOc1ccc(C2/C(=C(\O)c3ccccc3)C(=O)C(=O)N2CCc2ccccc2)cc1OCC. The Hall–Kier alpha value is -4.06. The molecule has 38 heavy (non-hydrogen) atoms. The minimum Gasteiger partial charge on any atom is -0.507 e. The van der Waals surface area contributed by atoms with Crippen LogP contribution in [0, 0.1) is 0 Å². The fourth-order valence-electron chi connectivity index (χ4n) is 4.72. The van der Waals surface area contributed by atoms with E-state index in [-0.39, 0.29) is 11.3 Å². The zero-order valence-electron chi connectivity index (χ0n) is 22.1. The van der Waals surface area contributed by atoms with Gasteiger partial charge in [0.15, 0.2) is 11.5 Å². The highest BCUT2D eigenvalue weighted by Gasteiger charge is 2.46. The first-order valence-electron chi connectivity index (χ1n) is 13.3. The molecule has 3 aromatic rings. The number of carbonyl (C=O) groups is 2. The molecular weight excluding hydrogens is 478 g/mol. The molecule has 1 N–H and O–H groups in total. The summed E-state index contributed by atoms with van der Waals surface area (Å²) in [4.78, 5) is 28.2. The first kappa shape index (κ1) is 27.0. The summed E-state index contributed by atoms with van der Waals surface area (Å²) in [5, 5.41) is 11.3. The van der Waals surface area contributed by atoms with Gasteiger partial charge in [0.05, 0.1) is 24.8 Å². The summed E-state index contributed by atoms with van der Waals surface area (Å²) in [6.45, 7) is 5.38. The lowest BCUT2D eigenvalue weighted by Gasteiger charge is -2.26. The summed E-state index contributed by atoms with van der Waals surface area (Å²) < 4.78 is 11.9. The number of benzene rings is 3. The summed E-state index contributed by atoms with van der Waals surface area (Å²) >= 11 is 0. The van der Waals surface area contributed by atoms with Crippen LogP contribution in [0.15, 0.2) is 84.4 Å². The van der Waals surface area contributed by atoms with E-state index in [4.69, 9.17) is 9.47 Å². The highest BCUT2D eigenvalue weighted by molar-refractivity contribution is 6.46. The average Bonchev–Trinajstić information content (AvgIpc) is 3.20. The van der Waals surface area contributed by atoms with Crippen LogP contribution in [0.25, 0.3) is 5.76 Å². The summed E-state index contributed by atoms with van der Waals surface area (Å²) in [6.07, 6.45) is 3.70. The molecule has 1 aliphatic heterocycles. The largest absolute Gasteiger partial charge is 0.507 e. The molecule has 1 unspecified atom stereocenters. The Labute approximate surface area is 224 Å². The summed E-state index contributed by atoms with van der Waals surface area (Å²) in [5.74, 6) is -0.330. The lowest BCUT2D eigenvalue weighted by molar-refractivity contribution is -0.139. The number of amides is 1. The van der Waals surface area contributed by atoms with Crippen LogP contribution in [0.4, 0.5) is 0 Å². The van der Waals surface area contributed by atoms with Crippen LogP contribution in [-0.2, 0) is 16.0 Å². The van der Waals surface area contributed by atoms with Gasteiger partial charge in [-0.1, -0.05) is 86.5 Å². The van der Waals surface area contributed by atoms with Crippen molar-refractivity contribution in [2.75, 3.05) is 19.8 Å². The number of carbonyl (C=O) groups excluding carboxylic acids is 2. The maximum Gasteiger partial charge on any atom is 0.295 e. The van der Waals surface area contributed by atoms with E-state index in [1.165, 1.54) is 0 Å². The molecule has 1 saturated heterocycles. The molecule has 0 aliphatic carbocycles. The second-order valence-electron chi connectivity index (χ2n) is 9.29. The van der Waals surface area contributed by atoms with Gasteiger partial charge < -0.3 is 19.5 Å². The molecule has 198 valence electrons. The van der Waals surface area contributed by atoms with E-state index in [1.54, 1.807) is 29.2 Å². The first-order chi connectivity index (χ1) is 18.5. The molecule has 0 aromatic heterocycles. The number of aliphatic hydroxyl groups is 1. The third-order valence-corrected chi connectivity index (χ3v) is 6.66. The van der Waals surface area contributed by atoms with Crippen molar-refractivity contribution >= 4 is 17.4 Å². The Morgan fingerprint density at radius 1 is 0.868 bits per heavy atom. The van der Waals surface area contributed by atoms with Crippen LogP contribution < -0.4 is 9.47 Å². The maximum absolute atomic E-state index is 13.3. The van der Waals surface area contributed by atoms with Gasteiger partial charge in [-0.25, -0.2) is 0 Å². The predicted octanol–water partition coefficient (Wildman–Crippen LogP) is 6.32. The van der Waals surface area contributed by atoms with Gasteiger partial charge in [-0.2, -0.15) is 0 Å². The molecule has 0 spiro atoms. The van der Waals surface area contributed by atoms with E-state index < -0.39 is 17.7 Å². The van der Waals surface area contributed by atoms with Gasteiger partial charge in [0.1, 0.15) is 5.76 Å². The quantitative estimate of drug-likeness (QED) is 0.133. The number of likely N-dealkylation sites (tertiary alicyclic amines) is 1. The van der Waals surface area contributed by atoms with Gasteiger partial charge in [0.2, 0.25) is 0 Å². The van der Waals surface area contributed by atoms with Gasteiger partial charge in [0, 0.05) is 12.1 Å². The lowest BCUT2D eigenvalue weighted by atomic mass is 9.95. The minimum absolute atomic E-state index is 0.0772. The van der Waals surface area contributed by atoms with E-state index in [0.717, 1.165) is 24.8 Å². The van der Waals surface area contributed by atoms with Crippen molar-refractivity contribution in [3.63, 3.8) is 0 Å². The number of aliphatic hydroxyl groups excluding tert-OH is 1. The number of ether oxygens (including phenoxy) is 2. The average molecular weight is 514 g/mol. The van der Waals surface area contributed by atoms with Crippen molar-refractivity contribution in [2.45, 2.75) is 45.6 Å². The number of Topliss-reactive ketones (excluding diaryl/α,β-unsaturated/α-hetero) is 1. The van der Waals surface area contributed by atoms with Crippen molar-refractivity contribution in [1.82, 2.24) is 4.90 Å². The molecule has 0 bridgehead atoms. The smallest absolute Gasteiger partial charge is 0.295 e. The molecule has 1 heterocycles. The van der Waals surface area contributed by atoms with Crippen molar-refractivity contribution in [2.24, 2.45) is 0 Å². The Balaban J connectivity index is 1.75. The number of ketones is 1. The number of hydrogen-bond donors (Lipinski definition) is 1. The molecule has 1 amide bonds. The molecule has 0 saturated carbocycles. The summed E-state index contributed by atoms with van der Waals surface area (Å²) in [6, 6.07) is 23.4. The third kappa shape index (κ3) is 6.08. The van der Waals surface area contributed by atoms with Gasteiger partial charge in [-0.15, -0.1) is 0 Å². The molecule has 1 fully saturated rings. The Morgan fingerprint density at radius 3 is 2.26 bits per heavy atom. The monoisotopic (exact) mass is 513 g/mol. The van der Waals surface area contributed by atoms with Gasteiger partial charge in [0.25, 0.3) is 11.7 Å². The van der Waals surface area contributed by atoms with Crippen molar-refractivity contribution in [1.29, 1.82) is 0 Å². The number of nitrogens with zero attached hydrogens (tertiary/aromatic N) is 1. The number of rotatable bonds is 12. The van der Waals surface area contributed by atoms with E-state index >= 15 is 0 Å². The van der Waals surface area contributed by atoms with E-state index in [2.05, 4.69) is 6.92 Å². The normalized spacial score (nSPS) is 16.6. The number of unbranched alkanes of at least 4 members (excludes halogenated alkanes) is 2. The molecule has 1 atom stereocenters. The van der Waals surface area contributed by atoms with Crippen LogP contribution in [0.5, 0.6) is 11.5 Å². The summed E-state index contributed by atoms with van der Waals surface area (Å²) in [5.41, 5.74) is 2.30. The summed E-state index contributed by atoms with van der Waals surface area (Å²) in [7, 11) is 0. The molecule has 0 radical (unpaired) electrons. The van der Waals surface area contributed by atoms with Crippen LogP contribution >= 0.6 is 0 Å².